The summed E-state index contributed by atoms with van der Waals surface area (Å²) < 4.78 is 7.09. The summed E-state index contributed by atoms with van der Waals surface area (Å²) in [6.45, 7) is 0. The lowest BCUT2D eigenvalue weighted by molar-refractivity contribution is -0.130. The van der Waals surface area contributed by atoms with Gasteiger partial charge in [-0.1, -0.05) is 17.8 Å². The highest BCUT2D eigenvalue weighted by Crippen LogP contribution is 2.37. The molecular formula is C23H20N4O3S3. The van der Waals surface area contributed by atoms with E-state index in [1.54, 1.807) is 45.6 Å². The van der Waals surface area contributed by atoms with Crippen LogP contribution in [0.1, 0.15) is 40.0 Å². The number of aryl methyl sites for hydroxylation is 2. The molecule has 0 fully saturated rings. The Kier molecular flexibility index (Phi) is 5.23. The average molecular weight is 497 g/mol. The smallest absolute Gasteiger partial charge is 0.262 e. The van der Waals surface area contributed by atoms with Crippen molar-refractivity contribution in [3.8, 4) is 0 Å². The highest BCUT2D eigenvalue weighted by Gasteiger charge is 2.34. The quantitative estimate of drug-likeness (QED) is 0.298. The van der Waals surface area contributed by atoms with Crippen LogP contribution in [-0.4, -0.2) is 31.9 Å². The van der Waals surface area contributed by atoms with Crippen molar-refractivity contribution in [2.24, 2.45) is 12.1 Å². The van der Waals surface area contributed by atoms with Gasteiger partial charge in [-0.25, -0.2) is 9.99 Å². The lowest BCUT2D eigenvalue weighted by Crippen LogP contribution is -2.28. The first kappa shape index (κ1) is 20.9. The van der Waals surface area contributed by atoms with Gasteiger partial charge in [-0.3, -0.25) is 14.2 Å². The number of carbonyl (C=O) groups is 1. The van der Waals surface area contributed by atoms with Crippen molar-refractivity contribution in [1.82, 2.24) is 14.6 Å². The third-order valence-electron chi connectivity index (χ3n) is 6.07. The van der Waals surface area contributed by atoms with E-state index in [1.807, 2.05) is 29.6 Å². The number of rotatable bonds is 5. The minimum absolute atomic E-state index is 0.0230. The van der Waals surface area contributed by atoms with Gasteiger partial charge in [0.1, 0.15) is 16.3 Å². The van der Waals surface area contributed by atoms with Gasteiger partial charge in [0.2, 0.25) is 0 Å². The lowest BCUT2D eigenvalue weighted by Gasteiger charge is -2.20. The normalized spacial score (nSPS) is 17.7. The van der Waals surface area contributed by atoms with Crippen LogP contribution in [0.4, 0.5) is 0 Å². The van der Waals surface area contributed by atoms with Crippen LogP contribution in [0, 0.1) is 0 Å². The molecule has 2 aliphatic rings. The van der Waals surface area contributed by atoms with E-state index in [2.05, 4.69) is 5.10 Å². The Morgan fingerprint density at radius 2 is 2.21 bits per heavy atom. The summed E-state index contributed by atoms with van der Waals surface area (Å²) in [7, 11) is 1.73. The Labute approximate surface area is 201 Å². The number of carbonyl (C=O) groups excluding carboxylic acids is 1. The van der Waals surface area contributed by atoms with Crippen molar-refractivity contribution in [2.75, 3.05) is 5.75 Å². The van der Waals surface area contributed by atoms with Gasteiger partial charge in [0.15, 0.2) is 5.16 Å². The number of hydrogen-bond acceptors (Lipinski definition) is 8. The predicted molar refractivity (Wildman–Crippen MR) is 131 cm³/mol. The van der Waals surface area contributed by atoms with E-state index in [0.29, 0.717) is 17.3 Å². The topological polar surface area (TPSA) is 80.7 Å². The number of nitrogens with zero attached hydrogens (tertiary/aromatic N) is 4. The molecule has 1 amide bonds. The molecule has 1 unspecified atom stereocenters. The van der Waals surface area contributed by atoms with Gasteiger partial charge in [0.05, 0.1) is 23.4 Å². The molecule has 0 radical (unpaired) electrons. The van der Waals surface area contributed by atoms with E-state index in [9.17, 15) is 9.59 Å². The zero-order valence-electron chi connectivity index (χ0n) is 17.8. The van der Waals surface area contributed by atoms with Crippen LogP contribution in [0.2, 0.25) is 0 Å². The van der Waals surface area contributed by atoms with Crippen molar-refractivity contribution >= 4 is 56.3 Å². The molecule has 10 heteroatoms. The highest BCUT2D eigenvalue weighted by molar-refractivity contribution is 7.99. The molecule has 33 heavy (non-hydrogen) atoms. The SMILES string of the molecule is Cn1c(SCC(=O)N2N=C(c3ccco3)CC2c2cccs2)nc2sc3c(c2c1=O)CCC3. The Balaban J connectivity index is 1.27. The third kappa shape index (κ3) is 3.56. The molecule has 0 spiro atoms. The average Bonchev–Trinajstić information content (AvgIpc) is 3.62. The summed E-state index contributed by atoms with van der Waals surface area (Å²) in [6, 6.07) is 7.54. The van der Waals surface area contributed by atoms with Gasteiger partial charge in [0, 0.05) is 23.2 Å². The van der Waals surface area contributed by atoms with Crippen molar-refractivity contribution in [3.63, 3.8) is 0 Å². The fraction of sp³-hybridized carbons (Fsp3) is 0.304. The van der Waals surface area contributed by atoms with Crippen LogP contribution in [0.15, 0.2) is 55.4 Å². The molecule has 4 aromatic rings. The van der Waals surface area contributed by atoms with E-state index in [-0.39, 0.29) is 23.3 Å². The van der Waals surface area contributed by atoms with E-state index >= 15 is 0 Å². The van der Waals surface area contributed by atoms with Crippen LogP contribution in [0.3, 0.4) is 0 Å². The Morgan fingerprint density at radius 1 is 1.30 bits per heavy atom. The number of hydrogen-bond donors (Lipinski definition) is 0. The Morgan fingerprint density at radius 3 is 3.00 bits per heavy atom. The summed E-state index contributed by atoms with van der Waals surface area (Å²) in [5.41, 5.74) is 1.91. The second kappa shape index (κ2) is 8.27. The number of thioether (sulfide) groups is 1. The first-order valence-electron chi connectivity index (χ1n) is 10.7. The van der Waals surface area contributed by atoms with Crippen LogP contribution < -0.4 is 5.56 Å². The largest absolute Gasteiger partial charge is 0.463 e. The summed E-state index contributed by atoms with van der Waals surface area (Å²) >= 11 is 4.52. The van der Waals surface area contributed by atoms with E-state index < -0.39 is 0 Å². The molecule has 0 saturated carbocycles. The molecule has 1 aliphatic heterocycles. The molecule has 4 aromatic heterocycles. The van der Waals surface area contributed by atoms with Crippen molar-refractivity contribution in [1.29, 1.82) is 0 Å². The molecule has 6 rings (SSSR count). The van der Waals surface area contributed by atoms with Crippen molar-refractivity contribution in [3.05, 3.63) is 67.3 Å². The van der Waals surface area contributed by atoms with Crippen LogP contribution >= 0.6 is 34.4 Å². The molecule has 0 bridgehead atoms. The minimum atomic E-state index is -0.155. The summed E-state index contributed by atoms with van der Waals surface area (Å²) in [5, 5.41) is 9.50. The lowest BCUT2D eigenvalue weighted by atomic mass is 10.1. The molecule has 168 valence electrons. The number of hydrazone groups is 1. The molecular weight excluding hydrogens is 476 g/mol. The Bertz CT molecular complexity index is 1430. The monoisotopic (exact) mass is 496 g/mol. The fourth-order valence-electron chi connectivity index (χ4n) is 4.46. The standard InChI is InChI=1S/C23H20N4O3S3/c1-26-22(29)20-13-5-2-7-17(13)33-21(20)24-23(26)32-12-19(28)27-15(18-8-4-10-31-18)11-14(25-27)16-6-3-9-30-16/h3-4,6,8-10,15H,2,5,7,11-12H2,1H3. The van der Waals surface area contributed by atoms with Crippen LogP contribution in [0.5, 0.6) is 0 Å². The van der Waals surface area contributed by atoms with Gasteiger partial charge in [-0.05, 0) is 48.4 Å². The number of aromatic nitrogens is 2. The molecule has 0 aromatic carbocycles. The highest BCUT2D eigenvalue weighted by atomic mass is 32.2. The van der Waals surface area contributed by atoms with Crippen molar-refractivity contribution in [2.45, 2.75) is 36.9 Å². The van der Waals surface area contributed by atoms with Gasteiger partial charge in [-0.2, -0.15) is 5.10 Å². The number of thiophene rings is 2. The van der Waals surface area contributed by atoms with Gasteiger partial charge in [-0.15, -0.1) is 22.7 Å². The molecule has 0 saturated heterocycles. The second-order valence-corrected chi connectivity index (χ2v) is 11.1. The van der Waals surface area contributed by atoms with Gasteiger partial charge >= 0.3 is 0 Å². The first-order valence-corrected chi connectivity index (χ1v) is 13.4. The maximum absolute atomic E-state index is 13.3. The van der Waals surface area contributed by atoms with E-state index in [1.165, 1.54) is 22.2 Å². The number of furan rings is 1. The third-order valence-corrected chi connectivity index (χ3v) is 9.25. The van der Waals surface area contributed by atoms with Crippen LogP contribution in [-0.2, 0) is 24.7 Å². The first-order chi connectivity index (χ1) is 16.1. The summed E-state index contributed by atoms with van der Waals surface area (Å²) in [4.78, 5) is 34.2. The minimum Gasteiger partial charge on any atom is -0.463 e. The molecule has 5 heterocycles. The van der Waals surface area contributed by atoms with Crippen molar-refractivity contribution < 1.29 is 9.21 Å². The molecule has 7 nitrogen and oxygen atoms in total. The maximum atomic E-state index is 13.3. The van der Waals surface area contributed by atoms with Gasteiger partial charge < -0.3 is 4.42 Å². The zero-order chi connectivity index (χ0) is 22.5. The number of fused-ring (bicyclic) bond motifs is 3. The molecule has 0 N–H and O–H groups in total. The van der Waals surface area contributed by atoms with E-state index in [4.69, 9.17) is 9.40 Å². The molecule has 1 aliphatic carbocycles. The summed E-state index contributed by atoms with van der Waals surface area (Å²) in [6.07, 6.45) is 5.30. The molecule has 1 atom stereocenters. The number of amides is 1. The maximum Gasteiger partial charge on any atom is 0.262 e. The Hall–Kier alpha value is -2.69. The fourth-order valence-corrected chi connectivity index (χ4v) is 7.40. The van der Waals surface area contributed by atoms with E-state index in [0.717, 1.165) is 40.1 Å². The van der Waals surface area contributed by atoms with Gasteiger partial charge in [0.25, 0.3) is 11.5 Å². The zero-order valence-corrected chi connectivity index (χ0v) is 20.3. The predicted octanol–water partition coefficient (Wildman–Crippen LogP) is 4.61. The summed E-state index contributed by atoms with van der Waals surface area (Å²) in [5.74, 6) is 0.705. The van der Waals surface area contributed by atoms with Crippen LogP contribution in [0.25, 0.3) is 10.2 Å². The second-order valence-electron chi connectivity index (χ2n) is 8.08.